The Morgan fingerprint density at radius 3 is 2.03 bits per heavy atom. The van der Waals surface area contributed by atoms with E-state index in [1.165, 1.54) is 46.8 Å². The molecule has 160 valence electrons. The van der Waals surface area contributed by atoms with E-state index in [-0.39, 0.29) is 5.54 Å². The van der Waals surface area contributed by atoms with E-state index in [0.717, 1.165) is 37.6 Å². The van der Waals surface area contributed by atoms with Crippen molar-refractivity contribution in [3.63, 3.8) is 0 Å². The van der Waals surface area contributed by atoms with Crippen molar-refractivity contribution in [1.82, 2.24) is 4.90 Å². The van der Waals surface area contributed by atoms with Crippen molar-refractivity contribution >= 4 is 23.1 Å². The zero-order valence-electron chi connectivity index (χ0n) is 18.5. The minimum Gasteiger partial charge on any atom is -0.344 e. The lowest BCUT2D eigenvalue weighted by molar-refractivity contribution is 0.238. The molecule has 2 aliphatic heterocycles. The van der Waals surface area contributed by atoms with Crippen molar-refractivity contribution in [2.75, 3.05) is 29.0 Å². The molecule has 3 aliphatic rings. The molecule has 0 radical (unpaired) electrons. The summed E-state index contributed by atoms with van der Waals surface area (Å²) in [5, 5.41) is 11.6. The Hall–Kier alpha value is -2.58. The van der Waals surface area contributed by atoms with Gasteiger partial charge >= 0.3 is 0 Å². The number of rotatable bonds is 2. The van der Waals surface area contributed by atoms with Gasteiger partial charge in [-0.15, -0.1) is 0 Å². The first-order valence-corrected chi connectivity index (χ1v) is 12.3. The van der Waals surface area contributed by atoms with E-state index in [9.17, 15) is 5.26 Å². The molecule has 0 unspecified atom stereocenters. The Labute approximate surface area is 190 Å². The molecular weight excluding hydrogens is 400 g/mol. The fourth-order valence-corrected chi connectivity index (χ4v) is 6.48. The number of anilines is 2. The average molecular weight is 431 g/mol. The number of fused-ring (bicyclic) bond motifs is 1. The van der Waals surface area contributed by atoms with Crippen LogP contribution in [0.1, 0.15) is 43.2 Å². The molecule has 2 heterocycles. The summed E-state index contributed by atoms with van der Waals surface area (Å²) in [6, 6.07) is 20.3. The van der Waals surface area contributed by atoms with Gasteiger partial charge in [0.05, 0.1) is 41.4 Å². The van der Waals surface area contributed by atoms with Crippen LogP contribution in [0.3, 0.4) is 0 Å². The number of thioether (sulfide) groups is 1. The minimum absolute atomic E-state index is 0.160. The van der Waals surface area contributed by atoms with Gasteiger partial charge in [0.2, 0.25) is 0 Å². The molecule has 2 aromatic carbocycles. The van der Waals surface area contributed by atoms with Crippen molar-refractivity contribution in [2.45, 2.75) is 51.5 Å². The van der Waals surface area contributed by atoms with Crippen molar-refractivity contribution < 1.29 is 0 Å². The summed E-state index contributed by atoms with van der Waals surface area (Å²) in [5.41, 5.74) is 5.87. The fraction of sp³-hybridized carbons (Fsp3) is 0.423. The van der Waals surface area contributed by atoms with E-state index < -0.39 is 0 Å². The number of hydrogen-bond acceptors (Lipinski definition) is 5. The van der Waals surface area contributed by atoms with Gasteiger partial charge in [-0.05, 0) is 51.0 Å². The predicted molar refractivity (Wildman–Crippen MR) is 130 cm³/mol. The molecule has 1 saturated heterocycles. The number of hydrogen-bond donors (Lipinski definition) is 0. The van der Waals surface area contributed by atoms with Crippen LogP contribution in [0.15, 0.2) is 59.1 Å². The molecule has 0 atom stereocenters. The van der Waals surface area contributed by atoms with E-state index >= 15 is 0 Å². The summed E-state index contributed by atoms with van der Waals surface area (Å²) in [6.45, 7) is 5.91. The Balaban J connectivity index is 1.54. The van der Waals surface area contributed by atoms with Crippen molar-refractivity contribution in [3.8, 4) is 6.07 Å². The highest BCUT2D eigenvalue weighted by Crippen LogP contribution is 2.49. The minimum atomic E-state index is -0.160. The standard InChI is InChI=1S/C26H30N4S/c1-20-6-10-22(11-7-20)29-17-28-18-30(23-12-8-21(2)9-13-23)26(14-4-3-5-15-26)24(16-27)25(28)31-19-29/h6-13H,3-5,14-15,17-19H2,1-2H3. The van der Waals surface area contributed by atoms with Gasteiger partial charge in [-0.1, -0.05) is 66.4 Å². The van der Waals surface area contributed by atoms with Crippen LogP contribution in [0, 0.1) is 25.2 Å². The summed E-state index contributed by atoms with van der Waals surface area (Å²) >= 11 is 1.84. The SMILES string of the molecule is Cc1ccc(N2CSC3=C(C#N)C4(CCCCC4)N(c4ccc(C)cc4)CN3C2)cc1. The first kappa shape index (κ1) is 20.3. The maximum atomic E-state index is 10.4. The molecule has 0 amide bonds. The second kappa shape index (κ2) is 8.16. The highest BCUT2D eigenvalue weighted by molar-refractivity contribution is 8.03. The maximum Gasteiger partial charge on any atom is 0.0999 e. The molecule has 1 spiro atoms. The van der Waals surface area contributed by atoms with Gasteiger partial charge in [0.1, 0.15) is 0 Å². The predicted octanol–water partition coefficient (Wildman–Crippen LogP) is 5.99. The largest absolute Gasteiger partial charge is 0.344 e. The highest BCUT2D eigenvalue weighted by Gasteiger charge is 2.48. The van der Waals surface area contributed by atoms with Gasteiger partial charge in [-0.2, -0.15) is 5.26 Å². The molecular formula is C26H30N4S. The third-order valence-electron chi connectivity index (χ3n) is 7.03. The van der Waals surface area contributed by atoms with Gasteiger partial charge in [0, 0.05) is 11.4 Å². The summed E-state index contributed by atoms with van der Waals surface area (Å²) in [5.74, 6) is 0.890. The van der Waals surface area contributed by atoms with Crippen LogP contribution in [0.5, 0.6) is 0 Å². The van der Waals surface area contributed by atoms with E-state index in [1.807, 2.05) is 11.8 Å². The smallest absolute Gasteiger partial charge is 0.0999 e. The summed E-state index contributed by atoms with van der Waals surface area (Å²) in [7, 11) is 0. The zero-order chi connectivity index (χ0) is 21.4. The maximum absolute atomic E-state index is 10.4. The van der Waals surface area contributed by atoms with Gasteiger partial charge in [0.15, 0.2) is 0 Å². The van der Waals surface area contributed by atoms with E-state index in [2.05, 4.69) is 83.1 Å². The topological polar surface area (TPSA) is 33.5 Å². The van der Waals surface area contributed by atoms with Gasteiger partial charge in [-0.3, -0.25) is 0 Å². The third kappa shape index (κ3) is 3.57. The number of nitriles is 1. The summed E-state index contributed by atoms with van der Waals surface area (Å²) in [4.78, 5) is 7.36. The van der Waals surface area contributed by atoms with E-state index in [1.54, 1.807) is 0 Å². The van der Waals surface area contributed by atoms with Crippen LogP contribution in [0.25, 0.3) is 0 Å². The number of nitrogens with zero attached hydrogens (tertiary/aromatic N) is 4. The molecule has 5 heteroatoms. The van der Waals surface area contributed by atoms with E-state index in [0.29, 0.717) is 0 Å². The molecule has 5 rings (SSSR count). The molecule has 31 heavy (non-hydrogen) atoms. The van der Waals surface area contributed by atoms with Crippen molar-refractivity contribution in [3.05, 3.63) is 70.3 Å². The molecule has 0 N–H and O–H groups in total. The first-order chi connectivity index (χ1) is 15.1. The molecule has 1 aliphatic carbocycles. The Morgan fingerprint density at radius 1 is 0.806 bits per heavy atom. The fourth-order valence-electron chi connectivity index (χ4n) is 5.29. The lowest BCUT2D eigenvalue weighted by atomic mass is 9.74. The monoisotopic (exact) mass is 430 g/mol. The molecule has 4 nitrogen and oxygen atoms in total. The van der Waals surface area contributed by atoms with Crippen LogP contribution in [-0.4, -0.2) is 29.7 Å². The van der Waals surface area contributed by atoms with Crippen LogP contribution in [0.2, 0.25) is 0 Å². The van der Waals surface area contributed by atoms with Crippen molar-refractivity contribution in [2.24, 2.45) is 0 Å². The average Bonchev–Trinajstić information content (AvgIpc) is 2.80. The van der Waals surface area contributed by atoms with Crippen LogP contribution in [-0.2, 0) is 0 Å². The van der Waals surface area contributed by atoms with Crippen molar-refractivity contribution in [1.29, 1.82) is 5.26 Å². The van der Waals surface area contributed by atoms with E-state index in [4.69, 9.17) is 0 Å². The second-order valence-electron chi connectivity index (χ2n) is 9.12. The third-order valence-corrected chi connectivity index (χ3v) is 8.21. The lowest BCUT2D eigenvalue weighted by Gasteiger charge is -2.55. The quantitative estimate of drug-likeness (QED) is 0.584. The van der Waals surface area contributed by atoms with Gasteiger partial charge in [-0.25, -0.2) is 0 Å². The number of aryl methyl sites for hydroxylation is 2. The van der Waals surface area contributed by atoms with Crippen LogP contribution < -0.4 is 9.80 Å². The van der Waals surface area contributed by atoms with Gasteiger partial charge in [0.25, 0.3) is 0 Å². The van der Waals surface area contributed by atoms with Crippen LogP contribution in [0.4, 0.5) is 11.4 Å². The normalized spacial score (nSPS) is 20.6. The number of benzene rings is 2. The second-order valence-corrected chi connectivity index (χ2v) is 10.1. The first-order valence-electron chi connectivity index (χ1n) is 11.3. The Morgan fingerprint density at radius 2 is 1.42 bits per heavy atom. The van der Waals surface area contributed by atoms with Gasteiger partial charge < -0.3 is 14.7 Å². The lowest BCUT2D eigenvalue weighted by Crippen LogP contribution is -2.61. The molecule has 0 bridgehead atoms. The Kier molecular flexibility index (Phi) is 5.35. The highest BCUT2D eigenvalue weighted by atomic mass is 32.2. The molecule has 2 fully saturated rings. The van der Waals surface area contributed by atoms with Crippen LogP contribution >= 0.6 is 11.8 Å². The Bertz CT molecular complexity index is 1010. The molecule has 0 aromatic heterocycles. The summed E-state index contributed by atoms with van der Waals surface area (Å²) in [6.07, 6.45) is 5.81. The zero-order valence-corrected chi connectivity index (χ0v) is 19.3. The molecule has 1 saturated carbocycles. The molecule has 2 aromatic rings. The summed E-state index contributed by atoms with van der Waals surface area (Å²) < 4.78 is 0.